The molecule has 2 amide bonds. The fourth-order valence-electron chi connectivity index (χ4n) is 4.39. The van der Waals surface area contributed by atoms with E-state index in [0.29, 0.717) is 0 Å². The van der Waals surface area contributed by atoms with E-state index in [2.05, 4.69) is 10.0 Å². The van der Waals surface area contributed by atoms with Gasteiger partial charge in [-0.15, -0.1) is 0 Å². The van der Waals surface area contributed by atoms with E-state index in [0.717, 1.165) is 16.0 Å². The second-order valence-corrected chi connectivity index (χ2v) is 7.95. The summed E-state index contributed by atoms with van der Waals surface area (Å²) in [6.07, 6.45) is -5.05. The van der Waals surface area contributed by atoms with Crippen LogP contribution in [0.4, 0.5) is 0 Å². The summed E-state index contributed by atoms with van der Waals surface area (Å²) >= 11 is 0. The van der Waals surface area contributed by atoms with Crippen LogP contribution in [0.2, 0.25) is 0 Å². The molecule has 10 nitrogen and oxygen atoms in total. The smallest absolute Gasteiger partial charge is 0.261 e. The van der Waals surface area contributed by atoms with E-state index in [1.54, 1.807) is 12.1 Å². The Kier molecular flexibility index (Phi) is 5.16. The van der Waals surface area contributed by atoms with E-state index in [-0.39, 0.29) is 17.7 Å². The lowest BCUT2D eigenvalue weighted by Gasteiger charge is -2.48. The van der Waals surface area contributed by atoms with Crippen LogP contribution in [0.1, 0.15) is 38.1 Å². The molecule has 0 spiro atoms. The van der Waals surface area contributed by atoms with E-state index < -0.39 is 48.7 Å². The molecule has 6 atom stereocenters. The van der Waals surface area contributed by atoms with Gasteiger partial charge in [-0.05, 0) is 24.6 Å². The third kappa shape index (κ3) is 3.26. The largest absolute Gasteiger partial charge is 0.388 e. The molecule has 0 aliphatic carbocycles. The average Bonchev–Trinajstić information content (AvgIpc) is 3.05. The number of rotatable bonds is 3. The summed E-state index contributed by atoms with van der Waals surface area (Å²) in [6, 6.07) is 12.7. The summed E-state index contributed by atoms with van der Waals surface area (Å²) in [5.74, 6) is -1.17. The molecule has 1 N–H and O–H groups in total. The van der Waals surface area contributed by atoms with Gasteiger partial charge in [0.2, 0.25) is 0 Å². The molecular formula is C22H20N4O6. The summed E-state index contributed by atoms with van der Waals surface area (Å²) in [7, 11) is 0. The Bertz CT molecular complexity index is 1080. The summed E-state index contributed by atoms with van der Waals surface area (Å²) in [5.41, 5.74) is 11.3. The van der Waals surface area contributed by atoms with E-state index in [1.165, 1.54) is 12.1 Å². The molecule has 0 aromatic heterocycles. The van der Waals surface area contributed by atoms with Crippen molar-refractivity contribution in [3.05, 3.63) is 81.2 Å². The maximum atomic E-state index is 13.0. The predicted molar refractivity (Wildman–Crippen MR) is 109 cm³/mol. The standard InChI is InChI=1S/C22H20N4O6/c1-11-6-8-12(9-7-11)22-30-10-15-18(32-22)17(27)16(19(31-15)24-25-23)26-20(28)13-4-2-3-5-14(13)21(26)29/h2-9,15-19,22,27H,10H2,1H3/t15-,16-,17-,18-,19-,22?/m1/s1. The first-order chi connectivity index (χ1) is 15.5. The number of ether oxygens (including phenoxy) is 3. The van der Waals surface area contributed by atoms with Crippen LogP contribution in [0.15, 0.2) is 53.6 Å². The molecule has 1 unspecified atom stereocenters. The number of hydrogen-bond donors (Lipinski definition) is 1. The van der Waals surface area contributed by atoms with Gasteiger partial charge in [-0.2, -0.15) is 0 Å². The van der Waals surface area contributed by atoms with Crippen molar-refractivity contribution >= 4 is 11.8 Å². The average molecular weight is 436 g/mol. The second kappa shape index (κ2) is 8.01. The van der Waals surface area contributed by atoms with Gasteiger partial charge in [0, 0.05) is 10.5 Å². The van der Waals surface area contributed by atoms with Crippen LogP contribution in [-0.4, -0.2) is 59.0 Å². The molecule has 3 aliphatic heterocycles. The predicted octanol–water partition coefficient (Wildman–Crippen LogP) is 2.47. The van der Waals surface area contributed by atoms with Crippen molar-refractivity contribution in [2.45, 2.75) is 43.8 Å². The summed E-state index contributed by atoms with van der Waals surface area (Å²) < 4.78 is 17.6. The lowest BCUT2D eigenvalue weighted by molar-refractivity contribution is -0.318. The lowest BCUT2D eigenvalue weighted by Crippen LogP contribution is -2.66. The van der Waals surface area contributed by atoms with Crippen molar-refractivity contribution in [2.24, 2.45) is 5.11 Å². The first-order valence-corrected chi connectivity index (χ1v) is 10.2. The molecular weight excluding hydrogens is 416 g/mol. The summed E-state index contributed by atoms with van der Waals surface area (Å²) in [5, 5.41) is 14.9. The van der Waals surface area contributed by atoms with Crippen LogP contribution in [0, 0.1) is 6.92 Å². The molecule has 2 saturated heterocycles. The molecule has 0 saturated carbocycles. The molecule has 10 heteroatoms. The number of nitrogens with zero attached hydrogens (tertiary/aromatic N) is 4. The number of imide groups is 1. The molecule has 3 heterocycles. The van der Waals surface area contributed by atoms with Crippen molar-refractivity contribution in [1.82, 2.24) is 4.90 Å². The third-order valence-electron chi connectivity index (χ3n) is 5.99. The number of aryl methyl sites for hydroxylation is 1. The Morgan fingerprint density at radius 1 is 1.06 bits per heavy atom. The van der Waals surface area contributed by atoms with Crippen molar-refractivity contribution < 1.29 is 28.9 Å². The second-order valence-electron chi connectivity index (χ2n) is 7.95. The van der Waals surface area contributed by atoms with Gasteiger partial charge in [0.15, 0.2) is 12.5 Å². The molecule has 0 radical (unpaired) electrons. The van der Waals surface area contributed by atoms with Crippen LogP contribution < -0.4 is 0 Å². The lowest BCUT2D eigenvalue weighted by atomic mass is 9.94. The number of aliphatic hydroxyl groups is 1. The van der Waals surface area contributed by atoms with Gasteiger partial charge < -0.3 is 19.3 Å². The topological polar surface area (TPSA) is 134 Å². The highest BCUT2D eigenvalue weighted by molar-refractivity contribution is 6.21. The molecule has 2 fully saturated rings. The van der Waals surface area contributed by atoms with Gasteiger partial charge in [0.1, 0.15) is 24.4 Å². The van der Waals surface area contributed by atoms with Crippen LogP contribution in [0.25, 0.3) is 10.4 Å². The minimum atomic E-state index is -1.36. The number of fused-ring (bicyclic) bond motifs is 2. The summed E-state index contributed by atoms with van der Waals surface area (Å²) in [6.45, 7) is 2.04. The quantitative estimate of drug-likeness (QED) is 0.340. The van der Waals surface area contributed by atoms with E-state index in [1.807, 2.05) is 31.2 Å². The highest BCUT2D eigenvalue weighted by Gasteiger charge is 2.55. The van der Waals surface area contributed by atoms with Gasteiger partial charge in [0.25, 0.3) is 11.8 Å². The van der Waals surface area contributed by atoms with E-state index >= 15 is 0 Å². The molecule has 2 aromatic rings. The van der Waals surface area contributed by atoms with Crippen LogP contribution in [0.5, 0.6) is 0 Å². The van der Waals surface area contributed by atoms with Gasteiger partial charge in [0.05, 0.1) is 17.7 Å². The Balaban J connectivity index is 1.46. The van der Waals surface area contributed by atoms with E-state index in [4.69, 9.17) is 19.7 Å². The number of carbonyl (C=O) groups is 2. The monoisotopic (exact) mass is 436 g/mol. The highest BCUT2D eigenvalue weighted by Crippen LogP contribution is 2.38. The van der Waals surface area contributed by atoms with Crippen molar-refractivity contribution in [3.63, 3.8) is 0 Å². The number of azide groups is 1. The van der Waals surface area contributed by atoms with Crippen LogP contribution in [-0.2, 0) is 14.2 Å². The van der Waals surface area contributed by atoms with Gasteiger partial charge in [-0.1, -0.05) is 47.1 Å². The highest BCUT2D eigenvalue weighted by atomic mass is 16.7. The zero-order valence-corrected chi connectivity index (χ0v) is 17.1. The Morgan fingerprint density at radius 3 is 2.34 bits per heavy atom. The molecule has 164 valence electrons. The van der Waals surface area contributed by atoms with Crippen molar-refractivity contribution in [3.8, 4) is 0 Å². The van der Waals surface area contributed by atoms with Crippen molar-refractivity contribution in [1.29, 1.82) is 0 Å². The van der Waals surface area contributed by atoms with Crippen LogP contribution in [0.3, 0.4) is 0 Å². The third-order valence-corrected chi connectivity index (χ3v) is 5.99. The number of carbonyl (C=O) groups excluding carboxylic acids is 2. The fraction of sp³-hybridized carbons (Fsp3) is 0.364. The minimum Gasteiger partial charge on any atom is -0.388 e. The normalized spacial score (nSPS) is 31.6. The number of benzene rings is 2. The Labute approximate surface area is 182 Å². The molecule has 5 rings (SSSR count). The molecule has 32 heavy (non-hydrogen) atoms. The zero-order chi connectivity index (χ0) is 22.4. The first kappa shape index (κ1) is 20.6. The fourth-order valence-corrected chi connectivity index (χ4v) is 4.39. The number of aliphatic hydroxyl groups excluding tert-OH is 1. The van der Waals surface area contributed by atoms with E-state index in [9.17, 15) is 14.7 Å². The number of amides is 2. The molecule has 0 bridgehead atoms. The maximum Gasteiger partial charge on any atom is 0.261 e. The number of hydrogen-bond acceptors (Lipinski definition) is 7. The van der Waals surface area contributed by atoms with Crippen LogP contribution >= 0.6 is 0 Å². The SMILES string of the molecule is Cc1ccc(C2OC[C@H]3O[C@@H](N=[N+]=[N-])[C@H](N4C(=O)c5ccccc5C4=O)[C@@H](O)[C@@H]3O2)cc1. The minimum absolute atomic E-state index is 0.0759. The molecule has 3 aliphatic rings. The Hall–Kier alpha value is -3.27. The first-order valence-electron chi connectivity index (χ1n) is 10.2. The van der Waals surface area contributed by atoms with Crippen molar-refractivity contribution in [2.75, 3.05) is 6.61 Å². The summed E-state index contributed by atoms with van der Waals surface area (Å²) in [4.78, 5) is 29.7. The molecule has 2 aromatic carbocycles. The van der Waals surface area contributed by atoms with Gasteiger partial charge in [-0.3, -0.25) is 14.5 Å². The van der Waals surface area contributed by atoms with Gasteiger partial charge in [-0.25, -0.2) is 0 Å². The maximum absolute atomic E-state index is 13.0. The van der Waals surface area contributed by atoms with Gasteiger partial charge >= 0.3 is 0 Å². The zero-order valence-electron chi connectivity index (χ0n) is 17.1. The Morgan fingerprint density at radius 2 is 1.72 bits per heavy atom.